The molecule has 4 heavy (non-hydrogen) atoms. The van der Waals surface area contributed by atoms with Gasteiger partial charge in [-0.1, -0.05) is 0 Å². The molecule has 0 aliphatic heterocycles. The van der Waals surface area contributed by atoms with Crippen LogP contribution >= 0.6 is 0 Å². The lowest BCUT2D eigenvalue weighted by molar-refractivity contribution is 0.928. The second kappa shape index (κ2) is 50.2. The first-order valence-electron chi connectivity index (χ1n) is 0.447. The summed E-state index contributed by atoms with van der Waals surface area (Å²) >= 11 is 0. The Balaban J connectivity index is 0. The summed E-state index contributed by atoms with van der Waals surface area (Å²) in [5, 5.41) is 0. The maximum atomic E-state index is 5.50. The van der Waals surface area contributed by atoms with Crippen molar-refractivity contribution in [3.05, 3.63) is 0 Å². The molecule has 24 valence electrons. The first kappa shape index (κ1) is 10.4. The Kier molecular flexibility index (Phi) is 131. The second-order valence-electron chi connectivity index (χ2n) is 0.112. The number of rotatable bonds is 0. The summed E-state index contributed by atoms with van der Waals surface area (Å²) in [5.74, 6) is 0. The highest BCUT2D eigenvalue weighted by Gasteiger charge is 1.16. The molecule has 0 bridgehead atoms. The van der Waals surface area contributed by atoms with Crippen molar-refractivity contribution in [2.45, 2.75) is 0 Å². The minimum absolute atomic E-state index is 0. The second-order valence-corrected chi connectivity index (χ2v) is 0.112. The van der Waals surface area contributed by atoms with Crippen molar-refractivity contribution in [1.29, 1.82) is 11.1 Å². The van der Waals surface area contributed by atoms with Gasteiger partial charge in [0.2, 0.25) is 4.91 Å². The lowest BCUT2D eigenvalue weighted by Gasteiger charge is -0.844. The van der Waals surface area contributed by atoms with E-state index < -0.39 is 0 Å². The Morgan fingerprint density at radius 3 is 1.25 bits per heavy atom. The van der Waals surface area contributed by atoms with E-state index in [1.54, 1.807) is 0 Å². The van der Waals surface area contributed by atoms with Gasteiger partial charge in [0.15, 0.2) is 0 Å². The van der Waals surface area contributed by atoms with Gasteiger partial charge in [-0.25, -0.2) is 0 Å². The van der Waals surface area contributed by atoms with E-state index in [-0.39, 0.29) is 6.15 Å². The van der Waals surface area contributed by atoms with Gasteiger partial charge in [-0.3, -0.25) is 0 Å². The van der Waals surface area contributed by atoms with Gasteiger partial charge in [0.1, 0.15) is 11.1 Å². The molecule has 0 unspecified atom stereocenters. The van der Waals surface area contributed by atoms with E-state index in [1.807, 2.05) is 4.91 Å². The van der Waals surface area contributed by atoms with Crippen LogP contribution in [0.25, 0.3) is 0 Å². The minimum atomic E-state index is 0. The molecule has 0 aromatic carbocycles. The van der Waals surface area contributed by atoms with Crippen LogP contribution in [0.4, 0.5) is 0 Å². The zero-order valence-corrected chi connectivity index (χ0v) is 2.15. The van der Waals surface area contributed by atoms with Crippen LogP contribution in [0.2, 0.25) is 0 Å². The van der Waals surface area contributed by atoms with E-state index in [2.05, 4.69) is 0 Å². The van der Waals surface area contributed by atoms with Crippen molar-refractivity contribution < 1.29 is 0 Å². The standard InChI is InChI=1S/H2N3.H3N/c1-3-2;/h1-2H;1H3/q+1;. The van der Waals surface area contributed by atoms with Crippen LogP contribution in [0.1, 0.15) is 0 Å². The lowest BCUT2D eigenvalue weighted by Crippen LogP contribution is -1.24. The maximum absolute atomic E-state index is 5.50. The molecular weight excluding hydrogens is 56.0 g/mol. The fourth-order valence-electron chi connectivity index (χ4n) is 0. The fourth-order valence-corrected chi connectivity index (χ4v) is 0. The van der Waals surface area contributed by atoms with Crippen LogP contribution in [0.15, 0.2) is 0 Å². The summed E-state index contributed by atoms with van der Waals surface area (Å²) in [6.45, 7) is 0. The number of nitrogens with zero attached hydrogens (tertiary/aromatic N) is 1. The summed E-state index contributed by atoms with van der Waals surface area (Å²) in [6, 6.07) is 0. The van der Waals surface area contributed by atoms with Gasteiger partial charge in [-0.15, -0.1) is 0 Å². The summed E-state index contributed by atoms with van der Waals surface area (Å²) < 4.78 is 0. The third-order valence-electron chi connectivity index (χ3n) is 0. The number of nitrogens with one attached hydrogen (secondary N) is 2. The molecule has 4 nitrogen and oxygen atoms in total. The molecule has 0 aliphatic carbocycles. The molecule has 0 radical (unpaired) electrons. The molecule has 0 atom stereocenters. The third kappa shape index (κ3) is 0.174. The van der Waals surface area contributed by atoms with Crippen LogP contribution in [-0.4, -0.2) is 0 Å². The first-order valence-corrected chi connectivity index (χ1v) is 0.447. The van der Waals surface area contributed by atoms with Crippen LogP contribution in [-0.2, 0) is 0 Å². The van der Waals surface area contributed by atoms with Crippen molar-refractivity contribution in [3.63, 3.8) is 0 Å². The monoisotopic (exact) mass is 61.1 g/mol. The van der Waals surface area contributed by atoms with Gasteiger partial charge in [0, 0.05) is 0 Å². The molecular formula is H5N4+. The molecule has 0 fully saturated rings. The quantitative estimate of drug-likeness (QED) is 0.272. The molecule has 0 spiro atoms. The van der Waals surface area contributed by atoms with Gasteiger partial charge in [0.25, 0.3) is 0 Å². The average Bonchev–Trinajstić information content (AvgIpc) is 0.918. The zero-order chi connectivity index (χ0) is 2.71. The van der Waals surface area contributed by atoms with E-state index >= 15 is 0 Å². The predicted molar refractivity (Wildman–Crippen MR) is 12.6 cm³/mol. The Morgan fingerprint density at radius 2 is 1.25 bits per heavy atom. The van der Waals surface area contributed by atoms with Gasteiger partial charge < -0.3 is 6.15 Å². The van der Waals surface area contributed by atoms with Gasteiger partial charge in [-0.05, 0) is 0 Å². The highest BCUT2D eigenvalue weighted by atomic mass is 15.0. The largest absolute Gasteiger partial charge is 0.344 e. The molecule has 0 aromatic rings. The van der Waals surface area contributed by atoms with E-state index in [4.69, 9.17) is 11.1 Å². The average molecular weight is 61.1 g/mol. The number of hydrogen-bond donors (Lipinski definition) is 3. The Morgan fingerprint density at radius 1 is 1.25 bits per heavy atom. The Hall–Kier alpha value is -0.730. The lowest BCUT2D eigenvalue weighted by atomic mass is 13.0. The minimum Gasteiger partial charge on any atom is -0.344 e. The topological polar surface area (TPSA) is 96.8 Å². The van der Waals surface area contributed by atoms with E-state index in [1.165, 1.54) is 0 Å². The van der Waals surface area contributed by atoms with Crippen LogP contribution < -0.4 is 11.1 Å². The molecule has 0 aliphatic rings. The van der Waals surface area contributed by atoms with Crippen LogP contribution in [0.3, 0.4) is 0 Å². The molecule has 0 saturated carbocycles. The van der Waals surface area contributed by atoms with Crippen molar-refractivity contribution in [1.82, 2.24) is 11.1 Å². The van der Waals surface area contributed by atoms with E-state index in [0.717, 1.165) is 0 Å². The van der Waals surface area contributed by atoms with E-state index in [0.29, 0.717) is 0 Å². The normalized spacial score (nSPS) is 2.00. The Labute approximate surface area is 23.4 Å². The summed E-state index contributed by atoms with van der Waals surface area (Å²) in [7, 11) is 0. The van der Waals surface area contributed by atoms with E-state index in [9.17, 15) is 0 Å². The molecule has 0 amide bonds. The fraction of sp³-hybridized carbons (Fsp3) is 0. The SMILES string of the molecule is N.N=[N+]=N. The first-order chi connectivity index (χ1) is 1.41. The van der Waals surface area contributed by atoms with Crippen LogP contribution in [0.5, 0.6) is 0 Å². The van der Waals surface area contributed by atoms with Crippen molar-refractivity contribution in [2.75, 3.05) is 0 Å². The third-order valence-corrected chi connectivity index (χ3v) is 0. The molecule has 0 rings (SSSR count). The molecule has 4 heteroatoms. The summed E-state index contributed by atoms with van der Waals surface area (Å²) in [4.78, 5) is 2.00. The van der Waals surface area contributed by atoms with Crippen molar-refractivity contribution in [2.24, 2.45) is 0 Å². The molecule has 0 heterocycles. The van der Waals surface area contributed by atoms with Crippen molar-refractivity contribution >= 4 is 0 Å². The van der Waals surface area contributed by atoms with Crippen LogP contribution in [0, 0.1) is 11.1 Å². The molecule has 0 saturated heterocycles. The smallest absolute Gasteiger partial charge is 0.211 e. The van der Waals surface area contributed by atoms with Crippen molar-refractivity contribution in [3.8, 4) is 0 Å². The van der Waals surface area contributed by atoms with Gasteiger partial charge in [-0.2, -0.15) is 0 Å². The predicted octanol–water partition coefficient (Wildman–Crippen LogP) is 0.278. The Bertz CT molecular complexity index is 21.0. The highest BCUT2D eigenvalue weighted by Crippen LogP contribution is 0.841. The summed E-state index contributed by atoms with van der Waals surface area (Å²) in [5.41, 5.74) is 11.0. The molecule has 5 N–H and O–H groups in total. The molecule has 0 aromatic heterocycles. The highest BCUT2D eigenvalue weighted by molar-refractivity contribution is 2.96. The summed E-state index contributed by atoms with van der Waals surface area (Å²) in [6.07, 6.45) is 0. The zero-order valence-electron chi connectivity index (χ0n) is 2.15. The van der Waals surface area contributed by atoms with Gasteiger partial charge >= 0.3 is 0 Å². The number of hydrogen-bond acceptors (Lipinski definition) is 3. The van der Waals surface area contributed by atoms with Gasteiger partial charge in [0.05, 0.1) is 0 Å². The maximum Gasteiger partial charge on any atom is 0.211 e.